The van der Waals surface area contributed by atoms with Crippen LogP contribution in [0.25, 0.3) is 0 Å². The Bertz CT molecular complexity index is 486. The Kier molecular flexibility index (Phi) is 5.64. The second kappa shape index (κ2) is 7.00. The fraction of sp³-hybridized carbons (Fsp3) is 0.500. The predicted molar refractivity (Wildman–Crippen MR) is 76.5 cm³/mol. The zero-order valence-corrected chi connectivity index (χ0v) is 11.8. The number of aromatic nitrogens is 1. The van der Waals surface area contributed by atoms with Gasteiger partial charge in [-0.3, -0.25) is 9.78 Å². The predicted octanol–water partition coefficient (Wildman–Crippen LogP) is 1.87. The Labute approximate surface area is 118 Å². The Balaban J connectivity index is 2.54. The van der Waals surface area contributed by atoms with E-state index >= 15 is 0 Å². The van der Waals surface area contributed by atoms with Crippen LogP contribution in [0, 0.1) is 5.41 Å². The molecule has 0 aromatic carbocycles. The molecular formula is C14H21N3O3. The number of pyridine rings is 1. The number of rotatable bonds is 7. The van der Waals surface area contributed by atoms with E-state index in [4.69, 9.17) is 10.8 Å². The SMILES string of the molecule is CC(C)(CCN)CCC(=O)Nc1cncc(C(=O)O)c1. The van der Waals surface area contributed by atoms with Gasteiger partial charge in [-0.05, 0) is 30.9 Å². The summed E-state index contributed by atoms with van der Waals surface area (Å²) in [5.41, 5.74) is 5.99. The van der Waals surface area contributed by atoms with Crippen molar-refractivity contribution >= 4 is 17.6 Å². The molecule has 1 aromatic rings. The van der Waals surface area contributed by atoms with E-state index in [2.05, 4.69) is 24.1 Å². The molecule has 0 radical (unpaired) electrons. The van der Waals surface area contributed by atoms with Crippen LogP contribution in [0.15, 0.2) is 18.5 Å². The molecule has 0 bridgehead atoms. The van der Waals surface area contributed by atoms with E-state index in [9.17, 15) is 9.59 Å². The maximum atomic E-state index is 11.8. The molecule has 110 valence electrons. The molecule has 1 amide bonds. The standard InChI is InChI=1S/C14H21N3O3/c1-14(2,5-6-15)4-3-12(18)17-11-7-10(13(19)20)8-16-9-11/h7-9H,3-6,15H2,1-2H3,(H,17,18)(H,19,20). The molecule has 0 aliphatic carbocycles. The van der Waals surface area contributed by atoms with Gasteiger partial charge in [-0.25, -0.2) is 4.79 Å². The smallest absolute Gasteiger partial charge is 0.337 e. The lowest BCUT2D eigenvalue weighted by Crippen LogP contribution is -2.20. The summed E-state index contributed by atoms with van der Waals surface area (Å²) < 4.78 is 0. The Morgan fingerprint density at radius 3 is 2.65 bits per heavy atom. The summed E-state index contributed by atoms with van der Waals surface area (Å²) >= 11 is 0. The highest BCUT2D eigenvalue weighted by atomic mass is 16.4. The maximum Gasteiger partial charge on any atom is 0.337 e. The van der Waals surface area contributed by atoms with Crippen molar-refractivity contribution in [3.63, 3.8) is 0 Å². The van der Waals surface area contributed by atoms with Crippen molar-refractivity contribution in [1.82, 2.24) is 4.98 Å². The van der Waals surface area contributed by atoms with Crippen LogP contribution in [0.1, 0.15) is 43.5 Å². The zero-order valence-electron chi connectivity index (χ0n) is 11.8. The second-order valence-electron chi connectivity index (χ2n) is 5.52. The maximum absolute atomic E-state index is 11.8. The van der Waals surface area contributed by atoms with Crippen LogP contribution in [-0.2, 0) is 4.79 Å². The van der Waals surface area contributed by atoms with Crippen LogP contribution in [0.4, 0.5) is 5.69 Å². The summed E-state index contributed by atoms with van der Waals surface area (Å²) in [4.78, 5) is 26.4. The van der Waals surface area contributed by atoms with E-state index < -0.39 is 5.97 Å². The summed E-state index contributed by atoms with van der Waals surface area (Å²) in [5.74, 6) is -1.22. The molecule has 6 heteroatoms. The third-order valence-electron chi connectivity index (χ3n) is 3.12. The minimum Gasteiger partial charge on any atom is -0.478 e. The van der Waals surface area contributed by atoms with Gasteiger partial charge in [0.25, 0.3) is 0 Å². The molecule has 6 nitrogen and oxygen atoms in total. The van der Waals surface area contributed by atoms with Crippen molar-refractivity contribution < 1.29 is 14.7 Å². The molecular weight excluding hydrogens is 258 g/mol. The molecule has 1 aromatic heterocycles. The van der Waals surface area contributed by atoms with Gasteiger partial charge < -0.3 is 16.2 Å². The van der Waals surface area contributed by atoms with Gasteiger partial charge in [-0.2, -0.15) is 0 Å². The summed E-state index contributed by atoms with van der Waals surface area (Å²) in [6, 6.07) is 1.39. The topological polar surface area (TPSA) is 105 Å². The molecule has 0 atom stereocenters. The monoisotopic (exact) mass is 279 g/mol. The molecule has 1 rings (SSSR count). The van der Waals surface area contributed by atoms with Crippen molar-refractivity contribution in [1.29, 1.82) is 0 Å². The van der Waals surface area contributed by atoms with E-state index in [1.165, 1.54) is 18.5 Å². The molecule has 0 spiro atoms. The highest BCUT2D eigenvalue weighted by molar-refractivity contribution is 5.93. The summed E-state index contributed by atoms with van der Waals surface area (Å²) in [6.45, 7) is 4.73. The Morgan fingerprint density at radius 2 is 2.05 bits per heavy atom. The van der Waals surface area contributed by atoms with Crippen LogP contribution in [-0.4, -0.2) is 28.5 Å². The van der Waals surface area contributed by atoms with E-state index in [-0.39, 0.29) is 16.9 Å². The van der Waals surface area contributed by atoms with Gasteiger partial charge in [-0.1, -0.05) is 13.8 Å². The molecule has 0 aliphatic heterocycles. The summed E-state index contributed by atoms with van der Waals surface area (Å²) in [5, 5.41) is 11.5. The fourth-order valence-electron chi connectivity index (χ4n) is 1.82. The molecule has 0 saturated heterocycles. The number of carbonyl (C=O) groups excluding carboxylic acids is 1. The van der Waals surface area contributed by atoms with E-state index in [1.807, 2.05) is 0 Å². The normalized spacial score (nSPS) is 11.2. The Morgan fingerprint density at radius 1 is 1.35 bits per heavy atom. The van der Waals surface area contributed by atoms with Crippen LogP contribution in [0.5, 0.6) is 0 Å². The fourth-order valence-corrected chi connectivity index (χ4v) is 1.82. The van der Waals surface area contributed by atoms with Crippen molar-refractivity contribution in [2.45, 2.75) is 33.1 Å². The first-order chi connectivity index (χ1) is 9.34. The third kappa shape index (κ3) is 5.36. The number of nitrogens with zero attached hydrogens (tertiary/aromatic N) is 1. The van der Waals surface area contributed by atoms with Crippen molar-refractivity contribution in [2.75, 3.05) is 11.9 Å². The van der Waals surface area contributed by atoms with Crippen molar-refractivity contribution in [3.05, 3.63) is 24.0 Å². The van der Waals surface area contributed by atoms with E-state index in [0.29, 0.717) is 18.7 Å². The highest BCUT2D eigenvalue weighted by Crippen LogP contribution is 2.26. The lowest BCUT2D eigenvalue weighted by atomic mass is 9.84. The van der Waals surface area contributed by atoms with Crippen molar-refractivity contribution in [3.8, 4) is 0 Å². The average molecular weight is 279 g/mol. The zero-order chi connectivity index (χ0) is 15.2. The largest absolute Gasteiger partial charge is 0.478 e. The van der Waals surface area contributed by atoms with Gasteiger partial charge in [0.05, 0.1) is 17.4 Å². The number of amides is 1. The van der Waals surface area contributed by atoms with Crippen LogP contribution in [0.2, 0.25) is 0 Å². The van der Waals surface area contributed by atoms with E-state index in [1.54, 1.807) is 0 Å². The minimum absolute atomic E-state index is 0.0211. The molecule has 0 fully saturated rings. The number of nitrogens with one attached hydrogen (secondary N) is 1. The molecule has 0 saturated carbocycles. The number of carboxylic acids is 1. The number of hydrogen-bond acceptors (Lipinski definition) is 4. The van der Waals surface area contributed by atoms with Crippen molar-refractivity contribution in [2.24, 2.45) is 11.1 Å². The van der Waals surface area contributed by atoms with Gasteiger partial charge >= 0.3 is 5.97 Å². The average Bonchev–Trinajstić information content (AvgIpc) is 2.37. The number of aromatic carboxylic acids is 1. The molecule has 1 heterocycles. The van der Waals surface area contributed by atoms with Crippen LogP contribution >= 0.6 is 0 Å². The van der Waals surface area contributed by atoms with Gasteiger partial charge in [0.1, 0.15) is 0 Å². The first kappa shape index (κ1) is 16.1. The molecule has 4 N–H and O–H groups in total. The lowest BCUT2D eigenvalue weighted by molar-refractivity contribution is -0.116. The molecule has 20 heavy (non-hydrogen) atoms. The van der Waals surface area contributed by atoms with Crippen LogP contribution in [0.3, 0.4) is 0 Å². The first-order valence-corrected chi connectivity index (χ1v) is 6.52. The number of carbonyl (C=O) groups is 2. The first-order valence-electron chi connectivity index (χ1n) is 6.52. The number of hydrogen-bond donors (Lipinski definition) is 3. The Hall–Kier alpha value is -1.95. The second-order valence-corrected chi connectivity index (χ2v) is 5.52. The lowest BCUT2D eigenvalue weighted by Gasteiger charge is -2.23. The third-order valence-corrected chi connectivity index (χ3v) is 3.12. The summed E-state index contributed by atoms with van der Waals surface area (Å²) in [6.07, 6.45) is 4.61. The summed E-state index contributed by atoms with van der Waals surface area (Å²) in [7, 11) is 0. The number of nitrogens with two attached hydrogens (primary N) is 1. The van der Waals surface area contributed by atoms with Gasteiger partial charge in [0.2, 0.25) is 5.91 Å². The number of carboxylic acid groups (broad SMARTS) is 1. The number of anilines is 1. The quantitative estimate of drug-likeness (QED) is 0.706. The van der Waals surface area contributed by atoms with Gasteiger partial charge in [0.15, 0.2) is 0 Å². The van der Waals surface area contributed by atoms with Gasteiger partial charge in [0, 0.05) is 12.6 Å². The van der Waals surface area contributed by atoms with Crippen LogP contribution < -0.4 is 11.1 Å². The van der Waals surface area contributed by atoms with Gasteiger partial charge in [-0.15, -0.1) is 0 Å². The minimum atomic E-state index is -1.07. The highest BCUT2D eigenvalue weighted by Gasteiger charge is 2.18. The molecule has 0 unspecified atom stereocenters. The van der Waals surface area contributed by atoms with E-state index in [0.717, 1.165) is 12.8 Å². The molecule has 0 aliphatic rings.